The second kappa shape index (κ2) is 5.99. The van der Waals surface area contributed by atoms with Crippen molar-refractivity contribution in [3.05, 3.63) is 18.0 Å². The number of ketones is 1. The van der Waals surface area contributed by atoms with Crippen molar-refractivity contribution in [2.45, 2.75) is 58.4 Å². The third kappa shape index (κ3) is 3.18. The van der Waals surface area contributed by atoms with E-state index in [1.54, 1.807) is 6.20 Å². The minimum absolute atomic E-state index is 0.241. The van der Waals surface area contributed by atoms with Gasteiger partial charge in [0.05, 0.1) is 11.8 Å². The van der Waals surface area contributed by atoms with Gasteiger partial charge in [0.2, 0.25) is 0 Å². The molecule has 3 nitrogen and oxygen atoms in total. The molecule has 0 N–H and O–H groups in total. The number of carbonyl (C=O) groups is 1. The molecule has 1 aromatic heterocycles. The third-order valence-corrected chi connectivity index (χ3v) is 3.72. The molecule has 1 aliphatic rings. The van der Waals surface area contributed by atoms with Gasteiger partial charge in [-0.3, -0.25) is 9.48 Å². The number of aromatic nitrogens is 2. The molecule has 1 aliphatic carbocycles. The quantitative estimate of drug-likeness (QED) is 0.751. The average molecular weight is 234 g/mol. The number of nitrogens with zero attached hydrogens (tertiary/aromatic N) is 2. The van der Waals surface area contributed by atoms with E-state index in [4.69, 9.17) is 0 Å². The molecule has 1 heterocycles. The molecule has 1 saturated carbocycles. The van der Waals surface area contributed by atoms with Gasteiger partial charge in [-0.1, -0.05) is 32.1 Å². The molecule has 0 unspecified atom stereocenters. The van der Waals surface area contributed by atoms with Crippen LogP contribution in [-0.2, 0) is 6.54 Å². The van der Waals surface area contributed by atoms with Crippen LogP contribution in [0.4, 0.5) is 0 Å². The van der Waals surface area contributed by atoms with Gasteiger partial charge in [-0.05, 0) is 19.8 Å². The number of aryl methyl sites for hydroxylation is 1. The summed E-state index contributed by atoms with van der Waals surface area (Å²) in [6.45, 7) is 2.87. The normalized spacial score (nSPS) is 18.6. The highest BCUT2D eigenvalue weighted by Crippen LogP contribution is 2.25. The summed E-state index contributed by atoms with van der Waals surface area (Å²) in [5, 5.41) is 4.19. The summed E-state index contributed by atoms with van der Waals surface area (Å²) in [5.41, 5.74) is 0.803. The second-order valence-electron chi connectivity index (χ2n) is 4.99. The zero-order chi connectivity index (χ0) is 12.1. The Hall–Kier alpha value is -1.12. The summed E-state index contributed by atoms with van der Waals surface area (Å²) >= 11 is 0. The molecular formula is C14H22N2O. The third-order valence-electron chi connectivity index (χ3n) is 3.72. The lowest BCUT2D eigenvalue weighted by Crippen LogP contribution is -2.15. The fraction of sp³-hybridized carbons (Fsp3) is 0.714. The number of hydrogen-bond donors (Lipinski definition) is 0. The lowest BCUT2D eigenvalue weighted by atomic mass is 9.86. The van der Waals surface area contributed by atoms with Gasteiger partial charge in [-0.15, -0.1) is 0 Å². The van der Waals surface area contributed by atoms with Crippen LogP contribution >= 0.6 is 0 Å². The number of rotatable bonds is 3. The molecule has 94 valence electrons. The highest BCUT2D eigenvalue weighted by atomic mass is 16.1. The first kappa shape index (κ1) is 12.3. The molecule has 3 heteroatoms. The van der Waals surface area contributed by atoms with Crippen molar-refractivity contribution in [2.75, 3.05) is 0 Å². The Morgan fingerprint density at radius 2 is 1.94 bits per heavy atom. The smallest absolute Gasteiger partial charge is 0.169 e. The summed E-state index contributed by atoms with van der Waals surface area (Å²) < 4.78 is 1.83. The molecule has 0 amide bonds. The van der Waals surface area contributed by atoms with Gasteiger partial charge in [0.25, 0.3) is 0 Å². The fourth-order valence-corrected chi connectivity index (χ4v) is 2.62. The van der Waals surface area contributed by atoms with Crippen LogP contribution in [0.5, 0.6) is 0 Å². The second-order valence-corrected chi connectivity index (χ2v) is 4.99. The summed E-state index contributed by atoms with van der Waals surface area (Å²) in [7, 11) is 0. The van der Waals surface area contributed by atoms with Crippen molar-refractivity contribution in [2.24, 2.45) is 5.92 Å². The Balaban J connectivity index is 2.01. The molecule has 0 radical (unpaired) electrons. The highest BCUT2D eigenvalue weighted by Gasteiger charge is 2.21. The zero-order valence-corrected chi connectivity index (χ0v) is 10.7. The molecule has 0 atom stereocenters. The fourth-order valence-electron chi connectivity index (χ4n) is 2.62. The number of Topliss-reactive ketones (excluding diaryl/α,β-unsaturated/α-hetero) is 1. The Bertz CT molecular complexity index is 362. The maximum atomic E-state index is 12.3. The molecule has 1 aromatic rings. The van der Waals surface area contributed by atoms with Gasteiger partial charge >= 0.3 is 0 Å². The maximum Gasteiger partial charge on any atom is 0.169 e. The van der Waals surface area contributed by atoms with E-state index in [-0.39, 0.29) is 5.92 Å². The average Bonchev–Trinajstić information content (AvgIpc) is 2.76. The van der Waals surface area contributed by atoms with Gasteiger partial charge in [-0.25, -0.2) is 0 Å². The van der Waals surface area contributed by atoms with Gasteiger partial charge in [0.1, 0.15) is 0 Å². The van der Waals surface area contributed by atoms with E-state index >= 15 is 0 Å². The standard InChI is InChI=1S/C14H22N2O/c1-2-16-11-13(10-15-16)14(17)12-8-6-4-3-5-7-9-12/h10-12H,2-9H2,1H3. The monoisotopic (exact) mass is 234 g/mol. The van der Waals surface area contributed by atoms with Crippen LogP contribution in [0.25, 0.3) is 0 Å². The van der Waals surface area contributed by atoms with E-state index in [2.05, 4.69) is 5.10 Å². The van der Waals surface area contributed by atoms with Gasteiger partial charge < -0.3 is 0 Å². The van der Waals surface area contributed by atoms with E-state index in [0.717, 1.165) is 24.9 Å². The van der Waals surface area contributed by atoms with Crippen LogP contribution in [0.1, 0.15) is 62.2 Å². The number of hydrogen-bond acceptors (Lipinski definition) is 2. The predicted octanol–water partition coefficient (Wildman–Crippen LogP) is 3.45. The molecule has 0 spiro atoms. The summed E-state index contributed by atoms with van der Waals surface area (Å²) in [6.07, 6.45) is 12.1. The Labute approximate surface area is 103 Å². The van der Waals surface area contributed by atoms with Crippen LogP contribution < -0.4 is 0 Å². The van der Waals surface area contributed by atoms with Crippen LogP contribution in [-0.4, -0.2) is 15.6 Å². The molecule has 1 fully saturated rings. The van der Waals surface area contributed by atoms with Gasteiger partial charge in [0, 0.05) is 18.7 Å². The molecule has 0 saturated heterocycles. The van der Waals surface area contributed by atoms with Crippen LogP contribution in [0, 0.1) is 5.92 Å². The summed E-state index contributed by atoms with van der Waals surface area (Å²) in [6, 6.07) is 0. The molecule has 17 heavy (non-hydrogen) atoms. The van der Waals surface area contributed by atoms with Gasteiger partial charge in [0.15, 0.2) is 5.78 Å². The van der Waals surface area contributed by atoms with E-state index in [1.165, 1.54) is 32.1 Å². The molecule has 2 rings (SSSR count). The van der Waals surface area contributed by atoms with Crippen LogP contribution in [0.15, 0.2) is 12.4 Å². The topological polar surface area (TPSA) is 34.9 Å². The van der Waals surface area contributed by atoms with E-state index in [9.17, 15) is 4.79 Å². The molecule has 0 aliphatic heterocycles. The first-order valence-electron chi connectivity index (χ1n) is 6.88. The zero-order valence-electron chi connectivity index (χ0n) is 10.7. The predicted molar refractivity (Wildman–Crippen MR) is 68.0 cm³/mol. The summed E-state index contributed by atoms with van der Waals surface area (Å²) in [5.74, 6) is 0.552. The Morgan fingerprint density at radius 1 is 1.29 bits per heavy atom. The van der Waals surface area contributed by atoms with Crippen molar-refractivity contribution in [3.8, 4) is 0 Å². The molecule has 0 bridgehead atoms. The van der Waals surface area contributed by atoms with E-state index < -0.39 is 0 Å². The van der Waals surface area contributed by atoms with E-state index in [0.29, 0.717) is 5.78 Å². The molecular weight excluding hydrogens is 212 g/mol. The first-order valence-corrected chi connectivity index (χ1v) is 6.88. The highest BCUT2D eigenvalue weighted by molar-refractivity contribution is 5.97. The number of carbonyl (C=O) groups excluding carboxylic acids is 1. The van der Waals surface area contributed by atoms with Crippen molar-refractivity contribution in [3.63, 3.8) is 0 Å². The SMILES string of the molecule is CCn1cc(C(=O)C2CCCCCCC2)cn1. The summed E-state index contributed by atoms with van der Waals surface area (Å²) in [4.78, 5) is 12.3. The van der Waals surface area contributed by atoms with Crippen LogP contribution in [0.2, 0.25) is 0 Å². The van der Waals surface area contributed by atoms with Crippen LogP contribution in [0.3, 0.4) is 0 Å². The maximum absolute atomic E-state index is 12.3. The first-order chi connectivity index (χ1) is 8.31. The van der Waals surface area contributed by atoms with Gasteiger partial charge in [-0.2, -0.15) is 5.10 Å². The van der Waals surface area contributed by atoms with Crippen molar-refractivity contribution < 1.29 is 4.79 Å². The Kier molecular flexibility index (Phi) is 4.35. The Morgan fingerprint density at radius 3 is 2.53 bits per heavy atom. The lowest BCUT2D eigenvalue weighted by Gasteiger charge is -2.17. The largest absolute Gasteiger partial charge is 0.294 e. The van der Waals surface area contributed by atoms with Crippen molar-refractivity contribution in [1.82, 2.24) is 9.78 Å². The lowest BCUT2D eigenvalue weighted by molar-refractivity contribution is 0.0898. The van der Waals surface area contributed by atoms with Crippen molar-refractivity contribution in [1.29, 1.82) is 0 Å². The minimum Gasteiger partial charge on any atom is -0.294 e. The van der Waals surface area contributed by atoms with E-state index in [1.807, 2.05) is 17.8 Å². The molecule has 0 aromatic carbocycles. The van der Waals surface area contributed by atoms with Crippen molar-refractivity contribution >= 4 is 5.78 Å². The minimum atomic E-state index is 0.241.